The van der Waals surface area contributed by atoms with Crippen LogP contribution in [0.2, 0.25) is 0 Å². The predicted octanol–water partition coefficient (Wildman–Crippen LogP) is 0.717. The normalized spacial score (nSPS) is 10.5. The largest absolute Gasteiger partial charge is 0.462 e. The summed E-state index contributed by atoms with van der Waals surface area (Å²) < 4.78 is 4.87. The topological polar surface area (TPSA) is 93.9 Å². The Morgan fingerprint density at radius 2 is 2.40 bits per heavy atom. The fourth-order valence-corrected chi connectivity index (χ4v) is 1.32. The van der Waals surface area contributed by atoms with Crippen LogP contribution in [0, 0.1) is 0 Å². The summed E-state index contributed by atoms with van der Waals surface area (Å²) in [5.41, 5.74) is 7.03. The molecule has 0 saturated heterocycles. The first-order valence-electron chi connectivity index (χ1n) is 4.48. The second kappa shape index (κ2) is 3.56. The number of aromatic amines is 1. The van der Waals surface area contributed by atoms with Crippen molar-refractivity contribution >= 4 is 22.8 Å². The van der Waals surface area contributed by atoms with Crippen LogP contribution in [0.3, 0.4) is 0 Å². The van der Waals surface area contributed by atoms with Crippen LogP contribution in [-0.2, 0) is 4.74 Å². The predicted molar refractivity (Wildman–Crippen MR) is 54.3 cm³/mol. The van der Waals surface area contributed by atoms with Crippen LogP contribution in [0.5, 0.6) is 0 Å². The van der Waals surface area contributed by atoms with Crippen molar-refractivity contribution in [3.05, 3.63) is 18.1 Å². The van der Waals surface area contributed by atoms with Gasteiger partial charge in [-0.05, 0) is 6.92 Å². The number of H-pyrrole nitrogens is 1. The van der Waals surface area contributed by atoms with E-state index < -0.39 is 5.97 Å². The van der Waals surface area contributed by atoms with E-state index >= 15 is 0 Å². The van der Waals surface area contributed by atoms with Gasteiger partial charge in [0.15, 0.2) is 5.82 Å². The molecule has 0 aliphatic heterocycles. The number of carbonyl (C=O) groups excluding carboxylic acids is 1. The SMILES string of the molecule is CCOC(=O)c1c[nH]c2c(N)ncnc12. The number of carbonyl (C=O) groups is 1. The van der Waals surface area contributed by atoms with Crippen LogP contribution in [0.4, 0.5) is 5.82 Å². The minimum absolute atomic E-state index is 0.315. The molecule has 15 heavy (non-hydrogen) atoms. The van der Waals surface area contributed by atoms with E-state index in [1.807, 2.05) is 0 Å². The number of esters is 1. The van der Waals surface area contributed by atoms with Gasteiger partial charge < -0.3 is 15.5 Å². The lowest BCUT2D eigenvalue weighted by molar-refractivity contribution is 0.0528. The molecule has 78 valence electrons. The molecule has 2 aromatic heterocycles. The fraction of sp³-hybridized carbons (Fsp3) is 0.222. The Hall–Kier alpha value is -2.11. The number of ether oxygens (including phenoxy) is 1. The number of fused-ring (bicyclic) bond motifs is 1. The molecule has 0 unspecified atom stereocenters. The minimum atomic E-state index is -0.415. The molecular formula is C9H10N4O2. The maximum atomic E-state index is 11.5. The van der Waals surface area contributed by atoms with Crippen molar-refractivity contribution in [2.24, 2.45) is 0 Å². The first-order valence-corrected chi connectivity index (χ1v) is 4.48. The van der Waals surface area contributed by atoms with Gasteiger partial charge in [-0.2, -0.15) is 0 Å². The summed E-state index contributed by atoms with van der Waals surface area (Å²) in [5.74, 6) is -0.0996. The molecule has 0 bridgehead atoms. The molecule has 0 aliphatic carbocycles. The fourth-order valence-electron chi connectivity index (χ4n) is 1.32. The lowest BCUT2D eigenvalue weighted by Gasteiger charge is -1.98. The smallest absolute Gasteiger partial charge is 0.341 e. The van der Waals surface area contributed by atoms with Crippen LogP contribution >= 0.6 is 0 Å². The summed E-state index contributed by atoms with van der Waals surface area (Å²) in [6.07, 6.45) is 2.84. The van der Waals surface area contributed by atoms with E-state index in [2.05, 4.69) is 15.0 Å². The molecule has 0 saturated carbocycles. The van der Waals surface area contributed by atoms with Gasteiger partial charge in [0.25, 0.3) is 0 Å². The third-order valence-corrected chi connectivity index (χ3v) is 1.99. The Labute approximate surface area is 85.5 Å². The van der Waals surface area contributed by atoms with Gasteiger partial charge >= 0.3 is 5.97 Å². The second-order valence-corrected chi connectivity index (χ2v) is 2.91. The number of nitrogens with one attached hydrogen (secondary N) is 1. The highest BCUT2D eigenvalue weighted by Gasteiger charge is 2.15. The molecule has 6 nitrogen and oxygen atoms in total. The van der Waals surface area contributed by atoms with Gasteiger partial charge in [-0.3, -0.25) is 0 Å². The number of nitrogens with zero attached hydrogens (tertiary/aromatic N) is 2. The molecule has 2 aromatic rings. The quantitative estimate of drug-likeness (QED) is 0.706. The zero-order valence-electron chi connectivity index (χ0n) is 8.15. The number of hydrogen-bond donors (Lipinski definition) is 2. The van der Waals surface area contributed by atoms with Gasteiger partial charge in [-0.15, -0.1) is 0 Å². The Morgan fingerprint density at radius 3 is 3.13 bits per heavy atom. The third kappa shape index (κ3) is 1.50. The Morgan fingerprint density at radius 1 is 1.60 bits per heavy atom. The van der Waals surface area contributed by atoms with Gasteiger partial charge in [0.1, 0.15) is 22.9 Å². The summed E-state index contributed by atoms with van der Waals surface area (Å²) in [5, 5.41) is 0. The van der Waals surface area contributed by atoms with Crippen molar-refractivity contribution in [2.75, 3.05) is 12.3 Å². The number of rotatable bonds is 2. The van der Waals surface area contributed by atoms with Crippen molar-refractivity contribution in [1.29, 1.82) is 0 Å². The maximum absolute atomic E-state index is 11.5. The Kier molecular flexibility index (Phi) is 2.24. The van der Waals surface area contributed by atoms with Gasteiger partial charge in [0.2, 0.25) is 0 Å². The average molecular weight is 206 g/mol. The summed E-state index contributed by atoms with van der Waals surface area (Å²) in [6, 6.07) is 0. The molecule has 0 radical (unpaired) electrons. The summed E-state index contributed by atoms with van der Waals surface area (Å²) in [4.78, 5) is 22.1. The molecule has 0 aliphatic rings. The number of nitrogen functional groups attached to an aromatic ring is 1. The monoisotopic (exact) mass is 206 g/mol. The minimum Gasteiger partial charge on any atom is -0.462 e. The molecule has 6 heteroatoms. The van der Waals surface area contributed by atoms with Crippen molar-refractivity contribution in [1.82, 2.24) is 15.0 Å². The number of nitrogens with two attached hydrogens (primary N) is 1. The first-order chi connectivity index (χ1) is 7.24. The molecular weight excluding hydrogens is 196 g/mol. The van der Waals surface area contributed by atoms with Crippen LogP contribution in [0.25, 0.3) is 11.0 Å². The average Bonchev–Trinajstić information content (AvgIpc) is 2.63. The van der Waals surface area contributed by atoms with Gasteiger partial charge in [0.05, 0.1) is 6.61 Å². The standard InChI is InChI=1S/C9H10N4O2/c1-2-15-9(14)5-3-11-7-6(5)12-4-13-8(7)10/h3-4,11H,2H2,1H3,(H2,10,12,13). The first kappa shape index (κ1) is 9.45. The number of anilines is 1. The molecule has 3 N–H and O–H groups in total. The van der Waals surface area contributed by atoms with Crippen molar-refractivity contribution in [2.45, 2.75) is 6.92 Å². The van der Waals surface area contributed by atoms with E-state index in [4.69, 9.17) is 10.5 Å². The Bertz CT molecular complexity index is 506. The maximum Gasteiger partial charge on any atom is 0.341 e. The van der Waals surface area contributed by atoms with E-state index in [9.17, 15) is 4.79 Å². The van der Waals surface area contributed by atoms with E-state index in [1.165, 1.54) is 12.5 Å². The highest BCUT2D eigenvalue weighted by molar-refractivity contribution is 6.04. The second-order valence-electron chi connectivity index (χ2n) is 2.91. The molecule has 2 heterocycles. The molecule has 0 fully saturated rings. The molecule has 0 aromatic carbocycles. The van der Waals surface area contributed by atoms with Crippen molar-refractivity contribution in [3.63, 3.8) is 0 Å². The van der Waals surface area contributed by atoms with Crippen LogP contribution in [-0.4, -0.2) is 27.5 Å². The van der Waals surface area contributed by atoms with E-state index in [1.54, 1.807) is 6.92 Å². The Balaban J connectivity index is 2.54. The van der Waals surface area contributed by atoms with Crippen LogP contribution < -0.4 is 5.73 Å². The zero-order valence-corrected chi connectivity index (χ0v) is 8.15. The van der Waals surface area contributed by atoms with Gasteiger partial charge in [-0.1, -0.05) is 0 Å². The third-order valence-electron chi connectivity index (χ3n) is 1.99. The number of aromatic nitrogens is 3. The van der Waals surface area contributed by atoms with E-state index in [0.29, 0.717) is 29.0 Å². The lowest BCUT2D eigenvalue weighted by Crippen LogP contribution is -2.04. The van der Waals surface area contributed by atoms with Gasteiger partial charge in [-0.25, -0.2) is 14.8 Å². The summed E-state index contributed by atoms with van der Waals surface area (Å²) >= 11 is 0. The molecule has 0 atom stereocenters. The molecule has 2 rings (SSSR count). The lowest BCUT2D eigenvalue weighted by atomic mass is 10.3. The summed E-state index contributed by atoms with van der Waals surface area (Å²) in [6.45, 7) is 2.07. The van der Waals surface area contributed by atoms with E-state index in [0.717, 1.165) is 0 Å². The molecule has 0 amide bonds. The van der Waals surface area contributed by atoms with Crippen LogP contribution in [0.15, 0.2) is 12.5 Å². The van der Waals surface area contributed by atoms with Crippen LogP contribution in [0.1, 0.15) is 17.3 Å². The van der Waals surface area contributed by atoms with Gasteiger partial charge in [0, 0.05) is 6.20 Å². The highest BCUT2D eigenvalue weighted by Crippen LogP contribution is 2.19. The number of hydrogen-bond acceptors (Lipinski definition) is 5. The summed E-state index contributed by atoms with van der Waals surface area (Å²) in [7, 11) is 0. The molecule has 0 spiro atoms. The zero-order chi connectivity index (χ0) is 10.8. The van der Waals surface area contributed by atoms with Crippen molar-refractivity contribution < 1.29 is 9.53 Å². The highest BCUT2D eigenvalue weighted by atomic mass is 16.5. The van der Waals surface area contributed by atoms with Crippen molar-refractivity contribution in [3.8, 4) is 0 Å². The van der Waals surface area contributed by atoms with E-state index in [-0.39, 0.29) is 0 Å².